The number of ether oxygens (including phenoxy) is 1. The van der Waals surface area contributed by atoms with Crippen LogP contribution in [0, 0.1) is 0 Å². The molecule has 3 aromatic carbocycles. The van der Waals surface area contributed by atoms with Crippen LogP contribution in [0.2, 0.25) is 5.02 Å². The molecule has 40 heavy (non-hydrogen) atoms. The van der Waals surface area contributed by atoms with Crippen LogP contribution in [0.25, 0.3) is 17.2 Å². The van der Waals surface area contributed by atoms with Crippen molar-refractivity contribution in [2.75, 3.05) is 13.2 Å². The van der Waals surface area contributed by atoms with E-state index in [9.17, 15) is 14.7 Å². The van der Waals surface area contributed by atoms with Crippen molar-refractivity contribution in [1.82, 2.24) is 5.32 Å². The molecule has 9 heteroatoms. The lowest BCUT2D eigenvalue weighted by molar-refractivity contribution is 0.00578. The highest BCUT2D eigenvalue weighted by molar-refractivity contribution is 6.56. The van der Waals surface area contributed by atoms with E-state index in [2.05, 4.69) is 29.6 Å². The van der Waals surface area contributed by atoms with E-state index in [-0.39, 0.29) is 29.7 Å². The molecule has 0 unspecified atom stereocenters. The number of carboxylic acids is 1. The maximum absolute atomic E-state index is 12.9. The van der Waals surface area contributed by atoms with Crippen LogP contribution in [0.15, 0.2) is 72.2 Å². The summed E-state index contributed by atoms with van der Waals surface area (Å²) in [5.41, 5.74) is 4.34. The summed E-state index contributed by atoms with van der Waals surface area (Å²) >= 11 is 6.42. The van der Waals surface area contributed by atoms with Gasteiger partial charge in [-0.25, -0.2) is 9.59 Å². The minimum atomic E-state index is -1.13. The van der Waals surface area contributed by atoms with Crippen molar-refractivity contribution in [2.45, 2.75) is 44.8 Å². The molecule has 3 aromatic rings. The third kappa shape index (κ3) is 5.27. The van der Waals surface area contributed by atoms with E-state index in [0.29, 0.717) is 11.0 Å². The first kappa shape index (κ1) is 28.0. The van der Waals surface area contributed by atoms with Gasteiger partial charge in [-0.1, -0.05) is 78.3 Å². The second-order valence-electron chi connectivity index (χ2n) is 11.0. The summed E-state index contributed by atoms with van der Waals surface area (Å²) in [6.07, 6.45) is 1.11. The fraction of sp³-hybridized carbons (Fsp3) is 0.290. The number of alkyl carbamates (subject to hydrolysis) is 1. The largest absolute Gasteiger partial charge is 0.492 e. The van der Waals surface area contributed by atoms with Gasteiger partial charge in [0.2, 0.25) is 0 Å². The normalized spacial score (nSPS) is 17.3. The van der Waals surface area contributed by atoms with Crippen LogP contribution in [-0.2, 0) is 14.0 Å². The lowest BCUT2D eigenvalue weighted by Crippen LogP contribution is -2.41. The van der Waals surface area contributed by atoms with E-state index < -0.39 is 30.4 Å². The zero-order chi connectivity index (χ0) is 28.7. The topological polar surface area (TPSA) is 94.1 Å². The Morgan fingerprint density at radius 3 is 2.10 bits per heavy atom. The van der Waals surface area contributed by atoms with Gasteiger partial charge >= 0.3 is 19.2 Å². The van der Waals surface area contributed by atoms with E-state index in [0.717, 1.165) is 22.3 Å². The number of carboxylic acid groups (broad SMARTS) is 1. The van der Waals surface area contributed by atoms with E-state index in [4.69, 9.17) is 25.6 Å². The van der Waals surface area contributed by atoms with Gasteiger partial charge in [0.25, 0.3) is 0 Å². The fourth-order valence-electron chi connectivity index (χ4n) is 5.05. The Morgan fingerprint density at radius 1 is 0.950 bits per heavy atom. The Hall–Kier alpha value is -3.59. The molecule has 0 aromatic heterocycles. The van der Waals surface area contributed by atoms with Gasteiger partial charge in [0.1, 0.15) is 6.61 Å². The van der Waals surface area contributed by atoms with Gasteiger partial charge < -0.3 is 24.5 Å². The lowest BCUT2D eigenvalue weighted by atomic mass is 9.77. The molecule has 1 heterocycles. The summed E-state index contributed by atoms with van der Waals surface area (Å²) < 4.78 is 18.1. The van der Waals surface area contributed by atoms with Crippen molar-refractivity contribution in [3.8, 4) is 11.1 Å². The first-order valence-corrected chi connectivity index (χ1v) is 13.5. The molecule has 0 saturated carbocycles. The Kier molecular flexibility index (Phi) is 7.53. The van der Waals surface area contributed by atoms with Gasteiger partial charge in [-0.15, -0.1) is 0 Å². The van der Waals surface area contributed by atoms with Gasteiger partial charge in [0.05, 0.1) is 21.8 Å². The number of halogens is 1. The minimum absolute atomic E-state index is 0.0202. The zero-order valence-electron chi connectivity index (χ0n) is 22.9. The number of hydrogen-bond acceptors (Lipinski definition) is 5. The molecule has 0 atom stereocenters. The first-order chi connectivity index (χ1) is 19.0. The molecule has 1 aliphatic heterocycles. The molecule has 0 radical (unpaired) electrons. The standard InChI is InChI=1S/C31H31BClNO6/c1-30(2)31(3,4)40-32(39-30)20(16-19-10-9-15-25(27(19)33)28(35)36)17-34-29(37)38-18-26-23-13-7-5-11-21(23)22-12-6-8-14-24(22)26/h5-16,26H,17-18H2,1-4H3,(H,34,37)(H,35,36). The number of nitrogens with one attached hydrogen (secondary N) is 1. The smallest absolute Gasteiger partial charge is 0.478 e. The highest BCUT2D eigenvalue weighted by atomic mass is 35.5. The molecule has 0 bridgehead atoms. The zero-order valence-corrected chi connectivity index (χ0v) is 23.6. The predicted octanol–water partition coefficient (Wildman–Crippen LogP) is 6.59. The molecule has 1 aliphatic carbocycles. The van der Waals surface area contributed by atoms with E-state index >= 15 is 0 Å². The molecule has 2 aliphatic rings. The number of carbonyl (C=O) groups is 2. The summed E-state index contributed by atoms with van der Waals surface area (Å²) in [5, 5.41) is 12.4. The Morgan fingerprint density at radius 2 is 1.52 bits per heavy atom. The molecule has 1 saturated heterocycles. The first-order valence-electron chi connectivity index (χ1n) is 13.2. The Balaban J connectivity index is 1.34. The molecule has 0 spiro atoms. The summed E-state index contributed by atoms with van der Waals surface area (Å²) in [5.74, 6) is -1.19. The molecule has 2 N–H and O–H groups in total. The van der Waals surface area contributed by atoms with Gasteiger partial charge in [-0.05, 0) is 67.1 Å². The summed E-state index contributed by atoms with van der Waals surface area (Å²) in [6.45, 7) is 7.95. The molecule has 1 fully saturated rings. The third-order valence-corrected chi connectivity index (χ3v) is 8.36. The maximum Gasteiger partial charge on any atom is 0.492 e. The van der Waals surface area contributed by atoms with Crippen LogP contribution in [0.5, 0.6) is 0 Å². The third-order valence-electron chi connectivity index (χ3n) is 7.94. The SMILES string of the molecule is CC1(C)OB(C(=Cc2cccc(C(=O)O)c2Cl)CNC(=O)OCC2c3ccccc3-c3ccccc32)OC1(C)C. The number of benzene rings is 3. The van der Waals surface area contributed by atoms with E-state index in [1.807, 2.05) is 52.0 Å². The molecular weight excluding hydrogens is 529 g/mol. The highest BCUT2D eigenvalue weighted by Crippen LogP contribution is 2.44. The van der Waals surface area contributed by atoms with Crippen LogP contribution in [-0.4, -0.2) is 48.6 Å². The van der Waals surface area contributed by atoms with Crippen molar-refractivity contribution in [2.24, 2.45) is 0 Å². The second kappa shape index (κ2) is 10.8. The minimum Gasteiger partial charge on any atom is -0.478 e. The quantitative estimate of drug-likeness (QED) is 0.317. The average Bonchev–Trinajstić information content (AvgIpc) is 3.35. The molecule has 206 valence electrons. The van der Waals surface area contributed by atoms with Crippen LogP contribution < -0.4 is 5.32 Å². The van der Waals surface area contributed by atoms with Crippen molar-refractivity contribution in [3.63, 3.8) is 0 Å². The van der Waals surface area contributed by atoms with Crippen molar-refractivity contribution < 1.29 is 28.7 Å². The second-order valence-corrected chi connectivity index (χ2v) is 11.4. The maximum atomic E-state index is 12.9. The molecule has 1 amide bonds. The number of rotatable bonds is 7. The monoisotopic (exact) mass is 559 g/mol. The van der Waals surface area contributed by atoms with Gasteiger partial charge in [0, 0.05) is 12.5 Å². The highest BCUT2D eigenvalue weighted by Gasteiger charge is 2.52. The molecular formula is C31H31BClNO6. The van der Waals surface area contributed by atoms with Crippen LogP contribution in [0.3, 0.4) is 0 Å². The number of amides is 1. The van der Waals surface area contributed by atoms with E-state index in [1.165, 1.54) is 6.07 Å². The van der Waals surface area contributed by atoms with Crippen molar-refractivity contribution >= 4 is 36.9 Å². The Labute approximate surface area is 239 Å². The fourth-order valence-corrected chi connectivity index (χ4v) is 5.31. The average molecular weight is 560 g/mol. The Bertz CT molecular complexity index is 1440. The van der Waals surface area contributed by atoms with Gasteiger partial charge in [-0.3, -0.25) is 0 Å². The summed E-state index contributed by atoms with van der Waals surface area (Å²) in [7, 11) is -0.788. The number of hydrogen-bond donors (Lipinski definition) is 2. The van der Waals surface area contributed by atoms with Crippen LogP contribution in [0.1, 0.15) is 60.7 Å². The van der Waals surface area contributed by atoms with Crippen molar-refractivity contribution in [3.05, 3.63) is 99.5 Å². The van der Waals surface area contributed by atoms with Crippen LogP contribution in [0.4, 0.5) is 4.79 Å². The lowest BCUT2D eigenvalue weighted by Gasteiger charge is -2.32. The van der Waals surface area contributed by atoms with Gasteiger partial charge in [-0.2, -0.15) is 0 Å². The van der Waals surface area contributed by atoms with Crippen LogP contribution >= 0.6 is 11.6 Å². The molecule has 5 rings (SSSR count). The van der Waals surface area contributed by atoms with Crippen molar-refractivity contribution in [1.29, 1.82) is 0 Å². The summed E-state index contributed by atoms with van der Waals surface area (Å²) in [6, 6.07) is 21.0. The van der Waals surface area contributed by atoms with E-state index in [1.54, 1.807) is 18.2 Å². The van der Waals surface area contributed by atoms with Gasteiger partial charge in [0.15, 0.2) is 0 Å². The number of carbonyl (C=O) groups excluding carboxylic acids is 1. The number of aromatic carboxylic acids is 1. The predicted molar refractivity (Wildman–Crippen MR) is 156 cm³/mol. The number of fused-ring (bicyclic) bond motifs is 3. The summed E-state index contributed by atoms with van der Waals surface area (Å²) in [4.78, 5) is 24.5. The molecule has 7 nitrogen and oxygen atoms in total.